The van der Waals surface area contributed by atoms with Crippen molar-refractivity contribution >= 4 is 17.7 Å². The predicted molar refractivity (Wildman–Crippen MR) is 118 cm³/mol. The summed E-state index contributed by atoms with van der Waals surface area (Å²) in [5.41, 5.74) is 1.57. The molecule has 5 atom stereocenters. The van der Waals surface area contributed by atoms with Crippen molar-refractivity contribution in [2.75, 3.05) is 18.0 Å². The molecule has 8 nitrogen and oxygen atoms in total. The zero-order chi connectivity index (χ0) is 23.0. The Bertz CT molecular complexity index is 783. The van der Waals surface area contributed by atoms with Crippen molar-refractivity contribution in [1.29, 1.82) is 5.26 Å². The second kappa shape index (κ2) is 11.8. The van der Waals surface area contributed by atoms with E-state index in [-0.39, 0.29) is 5.57 Å². The van der Waals surface area contributed by atoms with Gasteiger partial charge >= 0.3 is 0 Å². The molecule has 4 N–H and O–H groups in total. The summed E-state index contributed by atoms with van der Waals surface area (Å²) in [6.07, 6.45) is -0.986. The number of nitrogens with one attached hydrogen (secondary N) is 1. The fourth-order valence-electron chi connectivity index (χ4n) is 3.68. The number of hydrogen-bond donors (Lipinski definition) is 4. The van der Waals surface area contributed by atoms with Gasteiger partial charge in [-0.15, -0.1) is 0 Å². The lowest BCUT2D eigenvalue weighted by Gasteiger charge is -2.40. The Morgan fingerprint density at radius 3 is 2.26 bits per heavy atom. The Morgan fingerprint density at radius 1 is 1.13 bits per heavy atom. The van der Waals surface area contributed by atoms with Crippen molar-refractivity contribution in [2.24, 2.45) is 0 Å². The lowest BCUT2D eigenvalue weighted by atomic mass is 9.95. The Morgan fingerprint density at radius 2 is 1.74 bits per heavy atom. The number of hydrogen-bond acceptors (Lipinski definition) is 7. The van der Waals surface area contributed by atoms with E-state index in [4.69, 9.17) is 4.74 Å². The predicted octanol–water partition coefficient (Wildman–Crippen LogP) is 1.55. The molecule has 1 amide bonds. The first-order chi connectivity index (χ1) is 14.9. The highest BCUT2D eigenvalue weighted by molar-refractivity contribution is 6.01. The van der Waals surface area contributed by atoms with Crippen molar-refractivity contribution in [2.45, 2.75) is 70.7 Å². The minimum absolute atomic E-state index is 0.182. The van der Waals surface area contributed by atoms with Gasteiger partial charge in [0.05, 0.1) is 6.10 Å². The van der Waals surface area contributed by atoms with Crippen LogP contribution in [0.15, 0.2) is 29.8 Å². The minimum atomic E-state index is -1.49. The first kappa shape index (κ1) is 24.8. The lowest BCUT2D eigenvalue weighted by Crippen LogP contribution is -2.63. The molecule has 1 fully saturated rings. The molecule has 8 heteroatoms. The Hall–Kier alpha value is -2.44. The fraction of sp³-hybridized carbons (Fsp3) is 0.565. The maximum Gasteiger partial charge on any atom is 0.262 e. The van der Waals surface area contributed by atoms with E-state index < -0.39 is 36.6 Å². The zero-order valence-electron chi connectivity index (χ0n) is 18.4. The summed E-state index contributed by atoms with van der Waals surface area (Å²) in [6.45, 7) is 7.91. The van der Waals surface area contributed by atoms with Gasteiger partial charge in [-0.05, 0) is 43.0 Å². The van der Waals surface area contributed by atoms with E-state index in [9.17, 15) is 25.4 Å². The van der Waals surface area contributed by atoms with Gasteiger partial charge in [0, 0.05) is 18.8 Å². The van der Waals surface area contributed by atoms with Crippen LogP contribution in [0, 0.1) is 11.3 Å². The molecule has 0 aliphatic carbocycles. The summed E-state index contributed by atoms with van der Waals surface area (Å²) in [7, 11) is 0. The van der Waals surface area contributed by atoms with Gasteiger partial charge in [0.15, 0.2) is 6.29 Å². The maximum atomic E-state index is 12.6. The molecule has 0 bridgehead atoms. The van der Waals surface area contributed by atoms with Gasteiger partial charge < -0.3 is 30.3 Å². The molecule has 1 heterocycles. The van der Waals surface area contributed by atoms with Gasteiger partial charge in [0.2, 0.25) is 0 Å². The molecular formula is C23H33N3O5. The van der Waals surface area contributed by atoms with E-state index in [1.165, 1.54) is 6.08 Å². The standard InChI is InChI=1S/C23H33N3O5/c1-4-11-26(12-5-2)17-9-7-15(8-10-17)13-16(14-24)22(29)25-19-21(28)20(27)18(6-3)31-23(19)30/h7-10,13,18-21,23,27-28,30H,4-6,11-12H2,1-3H3,(H,25,29)/b16-13+/t18-,19-,20-,21-,23?/m1/s1. The van der Waals surface area contributed by atoms with E-state index in [0.717, 1.165) is 31.6 Å². The summed E-state index contributed by atoms with van der Waals surface area (Å²) >= 11 is 0. The number of ether oxygens (including phenoxy) is 1. The van der Waals surface area contributed by atoms with Gasteiger partial charge in [-0.1, -0.05) is 32.9 Å². The third-order valence-corrected chi connectivity index (χ3v) is 5.34. The van der Waals surface area contributed by atoms with Crippen LogP contribution >= 0.6 is 0 Å². The largest absolute Gasteiger partial charge is 0.388 e. The van der Waals surface area contributed by atoms with Crippen molar-refractivity contribution in [3.63, 3.8) is 0 Å². The van der Waals surface area contributed by atoms with Crippen molar-refractivity contribution in [3.8, 4) is 6.07 Å². The number of nitrogens with zero attached hydrogens (tertiary/aromatic N) is 2. The van der Waals surface area contributed by atoms with E-state index >= 15 is 0 Å². The van der Waals surface area contributed by atoms with Gasteiger partial charge in [-0.2, -0.15) is 5.26 Å². The number of amides is 1. The van der Waals surface area contributed by atoms with Crippen LogP contribution in [0.2, 0.25) is 0 Å². The molecule has 0 saturated carbocycles. The van der Waals surface area contributed by atoms with Crippen LogP contribution in [0.5, 0.6) is 0 Å². The van der Waals surface area contributed by atoms with Crippen LogP contribution in [0.3, 0.4) is 0 Å². The normalized spacial score (nSPS) is 26.2. The molecule has 1 saturated heterocycles. The highest BCUT2D eigenvalue weighted by Crippen LogP contribution is 2.22. The SMILES string of the molecule is CCCN(CCC)c1ccc(/C=C(\C#N)C(=O)N[C@H]2C(O)O[C@H](CC)[C@@H](O)[C@@H]2O)cc1. The van der Waals surface area contributed by atoms with Crippen LogP contribution in [-0.2, 0) is 9.53 Å². The molecule has 0 aromatic heterocycles. The summed E-state index contributed by atoms with van der Waals surface area (Å²) < 4.78 is 5.26. The quantitative estimate of drug-likeness (QED) is 0.345. The second-order valence-corrected chi connectivity index (χ2v) is 7.70. The Labute approximate surface area is 183 Å². The van der Waals surface area contributed by atoms with Gasteiger partial charge in [0.25, 0.3) is 5.91 Å². The molecule has 1 aliphatic rings. The third kappa shape index (κ3) is 6.28. The average molecular weight is 432 g/mol. The Kier molecular flexibility index (Phi) is 9.46. The number of benzene rings is 1. The summed E-state index contributed by atoms with van der Waals surface area (Å²) in [6, 6.07) is 8.18. The lowest BCUT2D eigenvalue weighted by molar-refractivity contribution is -0.247. The van der Waals surface area contributed by atoms with Crippen LogP contribution in [0.1, 0.15) is 45.6 Å². The molecule has 1 aliphatic heterocycles. The van der Waals surface area contributed by atoms with Gasteiger partial charge in [-0.3, -0.25) is 4.79 Å². The van der Waals surface area contributed by atoms with Crippen LogP contribution in [0.25, 0.3) is 6.08 Å². The molecular weight excluding hydrogens is 398 g/mol. The topological polar surface area (TPSA) is 126 Å². The molecule has 2 rings (SSSR count). The highest BCUT2D eigenvalue weighted by Gasteiger charge is 2.44. The number of anilines is 1. The number of nitriles is 1. The average Bonchev–Trinajstić information content (AvgIpc) is 2.77. The van der Waals surface area contributed by atoms with Gasteiger partial charge in [0.1, 0.15) is 29.9 Å². The van der Waals surface area contributed by atoms with Crippen molar-refractivity contribution in [1.82, 2.24) is 5.32 Å². The second-order valence-electron chi connectivity index (χ2n) is 7.70. The number of aliphatic hydroxyl groups excluding tert-OH is 3. The van der Waals surface area contributed by atoms with Crippen molar-refractivity contribution in [3.05, 3.63) is 35.4 Å². The first-order valence-electron chi connectivity index (χ1n) is 10.8. The monoisotopic (exact) mass is 431 g/mol. The van der Waals surface area contributed by atoms with E-state index in [2.05, 4.69) is 24.1 Å². The molecule has 1 aromatic carbocycles. The van der Waals surface area contributed by atoms with E-state index in [1.54, 1.807) is 6.92 Å². The van der Waals surface area contributed by atoms with Crippen molar-refractivity contribution < 1.29 is 24.9 Å². The molecule has 0 spiro atoms. The van der Waals surface area contributed by atoms with Crippen LogP contribution in [-0.4, -0.2) is 65.0 Å². The highest BCUT2D eigenvalue weighted by atomic mass is 16.6. The number of rotatable bonds is 9. The Balaban J connectivity index is 2.12. The fourth-order valence-corrected chi connectivity index (χ4v) is 3.68. The molecule has 1 aromatic rings. The van der Waals surface area contributed by atoms with Crippen LogP contribution in [0.4, 0.5) is 5.69 Å². The first-order valence-corrected chi connectivity index (χ1v) is 10.8. The van der Waals surface area contributed by atoms with E-state index in [1.807, 2.05) is 30.3 Å². The molecule has 1 unspecified atom stereocenters. The summed E-state index contributed by atoms with van der Waals surface area (Å²) in [4.78, 5) is 14.9. The maximum absolute atomic E-state index is 12.6. The van der Waals surface area contributed by atoms with Crippen LogP contribution < -0.4 is 10.2 Å². The number of aliphatic hydroxyl groups is 3. The number of carbonyl (C=O) groups is 1. The molecule has 170 valence electrons. The minimum Gasteiger partial charge on any atom is -0.388 e. The van der Waals surface area contributed by atoms with Gasteiger partial charge in [-0.25, -0.2) is 0 Å². The summed E-state index contributed by atoms with van der Waals surface area (Å²) in [5.74, 6) is -0.765. The summed E-state index contributed by atoms with van der Waals surface area (Å²) in [5, 5.41) is 42.3. The zero-order valence-corrected chi connectivity index (χ0v) is 18.4. The number of carbonyl (C=O) groups excluding carboxylic acids is 1. The smallest absolute Gasteiger partial charge is 0.262 e. The molecule has 31 heavy (non-hydrogen) atoms. The third-order valence-electron chi connectivity index (χ3n) is 5.34. The van der Waals surface area contributed by atoms with E-state index in [0.29, 0.717) is 12.0 Å². The molecule has 0 radical (unpaired) electrons.